The minimum atomic E-state index is 0.286. The van der Waals surface area contributed by atoms with Gasteiger partial charge in [0.1, 0.15) is 0 Å². The second kappa shape index (κ2) is 4.14. The molecule has 9 heavy (non-hydrogen) atoms. The molecule has 1 radical (unpaired) electrons. The van der Waals surface area contributed by atoms with E-state index in [1.165, 1.54) is 5.75 Å². The summed E-state index contributed by atoms with van der Waals surface area (Å²) in [6.45, 7) is 1.27. The fraction of sp³-hybridized carbons (Fsp3) is 1.00. The maximum Gasteiger partial charge on any atom is 0.0446 e. The van der Waals surface area contributed by atoms with Gasteiger partial charge in [0.25, 0.3) is 0 Å². The maximum atomic E-state index is 8.55. The minimum Gasteiger partial charge on any atom is -0.396 e. The van der Waals surface area contributed by atoms with Crippen LogP contribution in [0.3, 0.4) is 0 Å². The van der Waals surface area contributed by atoms with Crippen molar-refractivity contribution < 1.29 is 5.11 Å². The summed E-state index contributed by atoms with van der Waals surface area (Å²) in [7, 11) is 0. The molecule has 1 saturated heterocycles. The van der Waals surface area contributed by atoms with Crippen molar-refractivity contribution in [2.24, 2.45) is 0 Å². The van der Waals surface area contributed by atoms with Crippen molar-refractivity contribution in [1.29, 1.82) is 0 Å². The fourth-order valence-electron chi connectivity index (χ4n) is 0.896. The first-order chi connectivity index (χ1) is 4.43. The van der Waals surface area contributed by atoms with E-state index in [0.717, 1.165) is 18.7 Å². The zero-order chi connectivity index (χ0) is 6.53. The summed E-state index contributed by atoms with van der Waals surface area (Å²) in [5.74, 6) is 2.28. The van der Waals surface area contributed by atoms with Crippen LogP contribution in [0.1, 0.15) is 6.42 Å². The monoisotopic (exact) mass is 146 g/mol. The van der Waals surface area contributed by atoms with Gasteiger partial charge in [-0.25, -0.2) is 5.32 Å². The minimum absolute atomic E-state index is 0.286. The Labute approximate surface area is 60.0 Å². The number of rotatable bonds is 2. The van der Waals surface area contributed by atoms with Crippen molar-refractivity contribution in [3.8, 4) is 0 Å². The number of aliphatic hydroxyl groups excluding tert-OH is 1. The van der Waals surface area contributed by atoms with E-state index < -0.39 is 0 Å². The van der Waals surface area contributed by atoms with Crippen LogP contribution in [0.25, 0.3) is 0 Å². The van der Waals surface area contributed by atoms with Crippen molar-refractivity contribution in [2.75, 3.05) is 24.7 Å². The molecule has 1 heterocycles. The highest BCUT2D eigenvalue weighted by Crippen LogP contribution is 2.10. The van der Waals surface area contributed by atoms with E-state index in [1.54, 1.807) is 0 Å². The molecule has 0 aromatic heterocycles. The van der Waals surface area contributed by atoms with Gasteiger partial charge in [0.15, 0.2) is 0 Å². The second-order valence-electron chi connectivity index (χ2n) is 2.15. The van der Waals surface area contributed by atoms with E-state index in [9.17, 15) is 0 Å². The Morgan fingerprint density at radius 3 is 3.11 bits per heavy atom. The summed E-state index contributed by atoms with van der Waals surface area (Å²) in [6, 6.07) is 0.439. The number of hydrogen-bond donors (Lipinski definition) is 1. The summed E-state index contributed by atoms with van der Waals surface area (Å²) in [4.78, 5) is 0. The number of hydrogen-bond acceptors (Lipinski definition) is 2. The van der Waals surface area contributed by atoms with Crippen LogP contribution in [0.4, 0.5) is 0 Å². The molecule has 2 nitrogen and oxygen atoms in total. The van der Waals surface area contributed by atoms with Gasteiger partial charge >= 0.3 is 0 Å². The summed E-state index contributed by atoms with van der Waals surface area (Å²) in [5, 5.41) is 12.9. The van der Waals surface area contributed by atoms with Gasteiger partial charge in [-0.15, -0.1) is 0 Å². The molecule has 1 aliphatic heterocycles. The first-order valence-corrected chi connectivity index (χ1v) is 4.44. The van der Waals surface area contributed by atoms with Crippen LogP contribution < -0.4 is 5.32 Å². The van der Waals surface area contributed by atoms with Crippen LogP contribution in [0.15, 0.2) is 0 Å². The Kier molecular flexibility index (Phi) is 3.40. The zero-order valence-corrected chi connectivity index (χ0v) is 6.23. The van der Waals surface area contributed by atoms with Gasteiger partial charge in [0.2, 0.25) is 0 Å². The average Bonchev–Trinajstić information content (AvgIpc) is 1.91. The molecule has 1 rings (SSSR count). The SMILES string of the molecule is OCCC1CSCC[N]1. The van der Waals surface area contributed by atoms with Crippen LogP contribution in [-0.2, 0) is 0 Å². The van der Waals surface area contributed by atoms with Crippen molar-refractivity contribution in [2.45, 2.75) is 12.5 Å². The molecular weight excluding hydrogens is 134 g/mol. The number of nitrogens with zero attached hydrogens (tertiary/aromatic N) is 1. The van der Waals surface area contributed by atoms with Gasteiger partial charge < -0.3 is 5.11 Å². The van der Waals surface area contributed by atoms with Crippen LogP contribution in [0.2, 0.25) is 0 Å². The molecular formula is C6H12NOS. The molecule has 0 saturated carbocycles. The van der Waals surface area contributed by atoms with E-state index >= 15 is 0 Å². The van der Waals surface area contributed by atoms with Crippen LogP contribution >= 0.6 is 11.8 Å². The van der Waals surface area contributed by atoms with E-state index in [-0.39, 0.29) is 6.61 Å². The third-order valence-corrected chi connectivity index (χ3v) is 2.49. The van der Waals surface area contributed by atoms with Crippen molar-refractivity contribution >= 4 is 11.8 Å². The van der Waals surface area contributed by atoms with Gasteiger partial charge in [-0.05, 0) is 6.42 Å². The maximum absolute atomic E-state index is 8.55. The molecule has 0 aromatic rings. The van der Waals surface area contributed by atoms with Crippen LogP contribution in [0, 0.1) is 0 Å². The lowest BCUT2D eigenvalue weighted by Crippen LogP contribution is -2.31. The van der Waals surface area contributed by atoms with E-state index in [0.29, 0.717) is 6.04 Å². The van der Waals surface area contributed by atoms with E-state index in [2.05, 4.69) is 5.32 Å². The lowest BCUT2D eigenvalue weighted by Gasteiger charge is -2.19. The smallest absolute Gasteiger partial charge is 0.0446 e. The molecule has 53 valence electrons. The summed E-state index contributed by atoms with van der Waals surface area (Å²) in [6.07, 6.45) is 0.854. The molecule has 1 aliphatic rings. The molecule has 0 bridgehead atoms. The second-order valence-corrected chi connectivity index (χ2v) is 3.30. The number of thioether (sulfide) groups is 1. The largest absolute Gasteiger partial charge is 0.396 e. The molecule has 3 heteroatoms. The van der Waals surface area contributed by atoms with E-state index in [1.807, 2.05) is 11.8 Å². The Balaban J connectivity index is 2.08. The van der Waals surface area contributed by atoms with Gasteiger partial charge in [-0.3, -0.25) is 0 Å². The highest BCUT2D eigenvalue weighted by molar-refractivity contribution is 7.99. The molecule has 1 fully saturated rings. The predicted octanol–water partition coefficient (Wildman–Crippen LogP) is 0.0886. The lowest BCUT2D eigenvalue weighted by molar-refractivity contribution is 0.269. The highest BCUT2D eigenvalue weighted by atomic mass is 32.2. The van der Waals surface area contributed by atoms with Crippen molar-refractivity contribution in [3.63, 3.8) is 0 Å². The Morgan fingerprint density at radius 2 is 2.56 bits per heavy atom. The Hall–Kier alpha value is 0.270. The lowest BCUT2D eigenvalue weighted by atomic mass is 10.2. The fourth-order valence-corrected chi connectivity index (χ4v) is 1.84. The average molecular weight is 146 g/mol. The summed E-state index contributed by atoms with van der Waals surface area (Å²) < 4.78 is 0. The van der Waals surface area contributed by atoms with Crippen LogP contribution in [0.5, 0.6) is 0 Å². The quantitative estimate of drug-likeness (QED) is 0.599. The molecule has 0 amide bonds. The first kappa shape index (κ1) is 7.38. The highest BCUT2D eigenvalue weighted by Gasteiger charge is 2.12. The summed E-state index contributed by atoms with van der Waals surface area (Å²) in [5.41, 5.74) is 0. The molecule has 1 unspecified atom stereocenters. The zero-order valence-electron chi connectivity index (χ0n) is 5.42. The third-order valence-electron chi connectivity index (χ3n) is 1.40. The van der Waals surface area contributed by atoms with Gasteiger partial charge in [0.05, 0.1) is 0 Å². The molecule has 1 atom stereocenters. The third kappa shape index (κ3) is 2.56. The predicted molar refractivity (Wildman–Crippen MR) is 39.8 cm³/mol. The topological polar surface area (TPSA) is 34.3 Å². The van der Waals surface area contributed by atoms with Crippen molar-refractivity contribution in [1.82, 2.24) is 5.32 Å². The molecule has 0 aromatic carbocycles. The molecule has 1 N–H and O–H groups in total. The van der Waals surface area contributed by atoms with E-state index in [4.69, 9.17) is 5.11 Å². The van der Waals surface area contributed by atoms with Gasteiger partial charge in [0, 0.05) is 30.7 Å². The van der Waals surface area contributed by atoms with Crippen molar-refractivity contribution in [3.05, 3.63) is 0 Å². The molecule has 0 aliphatic carbocycles. The van der Waals surface area contributed by atoms with Gasteiger partial charge in [-0.2, -0.15) is 11.8 Å². The number of aliphatic hydroxyl groups is 1. The Bertz CT molecular complexity index is 70.7. The first-order valence-electron chi connectivity index (χ1n) is 3.28. The standard InChI is InChI=1S/C6H12NOS/c8-3-1-6-5-9-4-2-7-6/h6,8H,1-5H2. The summed E-state index contributed by atoms with van der Waals surface area (Å²) >= 11 is 1.94. The van der Waals surface area contributed by atoms with Crippen LogP contribution in [-0.4, -0.2) is 35.8 Å². The molecule has 0 spiro atoms. The Morgan fingerprint density at radius 1 is 1.67 bits per heavy atom. The normalized spacial score (nSPS) is 28.3. The van der Waals surface area contributed by atoms with Gasteiger partial charge in [-0.1, -0.05) is 0 Å².